The van der Waals surface area contributed by atoms with E-state index in [9.17, 15) is 4.79 Å². The Labute approximate surface area is 215 Å². The van der Waals surface area contributed by atoms with E-state index < -0.39 is 0 Å². The van der Waals surface area contributed by atoms with Gasteiger partial charge in [0, 0.05) is 57.5 Å². The standard InChI is InChI=1S/C28H40N6O2/c35-27(22-36-21-23-9-4-3-5-10-23)34-17-8-11-25(20-34)33-18-13-24(19-33)30-28-29-14-12-26(31-28)32-15-6-1-2-7-16-32/h3-5,9-10,12,14,24-25H,1-2,6-8,11,13,15-22H2,(H,29,30,31). The summed E-state index contributed by atoms with van der Waals surface area (Å²) < 4.78 is 5.71. The van der Waals surface area contributed by atoms with Crippen molar-refractivity contribution in [3.63, 3.8) is 0 Å². The Balaban J connectivity index is 1.08. The first-order valence-electron chi connectivity index (χ1n) is 13.7. The van der Waals surface area contributed by atoms with Gasteiger partial charge in [-0.15, -0.1) is 0 Å². The Bertz CT molecular complexity index is 966. The summed E-state index contributed by atoms with van der Waals surface area (Å²) in [5.41, 5.74) is 1.10. The first kappa shape index (κ1) is 25.0. The summed E-state index contributed by atoms with van der Waals surface area (Å²) in [7, 11) is 0. The number of aromatic nitrogens is 2. The van der Waals surface area contributed by atoms with Crippen molar-refractivity contribution < 1.29 is 9.53 Å². The third-order valence-electron chi connectivity index (χ3n) is 7.73. The number of hydrogen-bond acceptors (Lipinski definition) is 7. The van der Waals surface area contributed by atoms with Crippen LogP contribution in [0.1, 0.15) is 50.5 Å². The Morgan fingerprint density at radius 2 is 1.78 bits per heavy atom. The van der Waals surface area contributed by atoms with Gasteiger partial charge in [-0.05, 0) is 43.7 Å². The lowest BCUT2D eigenvalue weighted by atomic mass is 10.0. The van der Waals surface area contributed by atoms with E-state index >= 15 is 0 Å². The van der Waals surface area contributed by atoms with E-state index in [1.54, 1.807) is 0 Å². The number of rotatable bonds is 8. The largest absolute Gasteiger partial charge is 0.367 e. The van der Waals surface area contributed by atoms with Crippen LogP contribution in [0.4, 0.5) is 11.8 Å². The molecular weight excluding hydrogens is 452 g/mol. The van der Waals surface area contributed by atoms with Crippen LogP contribution in [0.15, 0.2) is 42.6 Å². The van der Waals surface area contributed by atoms with Crippen LogP contribution in [0.25, 0.3) is 0 Å². The van der Waals surface area contributed by atoms with Crippen LogP contribution in [-0.4, -0.2) is 83.6 Å². The summed E-state index contributed by atoms with van der Waals surface area (Å²) in [6.45, 7) is 6.43. The second kappa shape index (κ2) is 12.5. The van der Waals surface area contributed by atoms with Crippen LogP contribution in [0, 0.1) is 0 Å². The second-order valence-corrected chi connectivity index (χ2v) is 10.4. The normalized spacial score (nSPS) is 23.4. The Morgan fingerprint density at radius 1 is 0.944 bits per heavy atom. The van der Waals surface area contributed by atoms with E-state index in [1.807, 2.05) is 47.5 Å². The molecule has 8 heteroatoms. The van der Waals surface area contributed by atoms with Crippen molar-refractivity contribution in [3.05, 3.63) is 48.2 Å². The SMILES string of the molecule is O=C(COCc1ccccc1)N1CCCC(N2CCC(Nc3nccc(N4CCCCCC4)n3)C2)C1. The maximum atomic E-state index is 12.8. The smallest absolute Gasteiger partial charge is 0.248 e. The predicted octanol–water partition coefficient (Wildman–Crippen LogP) is 3.55. The Kier molecular flexibility index (Phi) is 8.67. The molecule has 1 aromatic heterocycles. The summed E-state index contributed by atoms with van der Waals surface area (Å²) in [6, 6.07) is 12.8. The van der Waals surface area contributed by atoms with Gasteiger partial charge in [0.1, 0.15) is 12.4 Å². The molecule has 0 aliphatic carbocycles. The fraction of sp³-hybridized carbons (Fsp3) is 0.607. The molecule has 1 amide bonds. The van der Waals surface area contributed by atoms with E-state index in [2.05, 4.69) is 20.1 Å². The molecule has 8 nitrogen and oxygen atoms in total. The van der Waals surface area contributed by atoms with Gasteiger partial charge < -0.3 is 19.9 Å². The van der Waals surface area contributed by atoms with Crippen molar-refractivity contribution in [2.45, 2.75) is 63.6 Å². The molecule has 3 saturated heterocycles. The van der Waals surface area contributed by atoms with E-state index in [0.29, 0.717) is 18.7 Å². The molecule has 4 heterocycles. The molecule has 0 spiro atoms. The average molecular weight is 493 g/mol. The first-order valence-corrected chi connectivity index (χ1v) is 13.7. The zero-order chi connectivity index (χ0) is 24.6. The Hall–Kier alpha value is -2.71. The van der Waals surface area contributed by atoms with Gasteiger partial charge in [0.05, 0.1) is 6.61 Å². The quantitative estimate of drug-likeness (QED) is 0.604. The van der Waals surface area contributed by atoms with Crippen LogP contribution in [0.2, 0.25) is 0 Å². The molecule has 3 fully saturated rings. The highest BCUT2D eigenvalue weighted by Gasteiger charge is 2.33. The van der Waals surface area contributed by atoms with E-state index in [1.165, 1.54) is 25.7 Å². The van der Waals surface area contributed by atoms with Crippen LogP contribution >= 0.6 is 0 Å². The number of ether oxygens (including phenoxy) is 1. The minimum Gasteiger partial charge on any atom is -0.367 e. The fourth-order valence-corrected chi connectivity index (χ4v) is 5.71. The van der Waals surface area contributed by atoms with Gasteiger partial charge in [-0.25, -0.2) is 4.98 Å². The monoisotopic (exact) mass is 492 g/mol. The highest BCUT2D eigenvalue weighted by atomic mass is 16.5. The second-order valence-electron chi connectivity index (χ2n) is 10.4. The van der Waals surface area contributed by atoms with Gasteiger partial charge in [-0.3, -0.25) is 9.69 Å². The number of amides is 1. The number of nitrogens with one attached hydrogen (secondary N) is 1. The van der Waals surface area contributed by atoms with Crippen molar-refractivity contribution in [1.82, 2.24) is 19.8 Å². The van der Waals surface area contributed by atoms with Crippen molar-refractivity contribution >= 4 is 17.7 Å². The maximum Gasteiger partial charge on any atom is 0.248 e. The van der Waals surface area contributed by atoms with Gasteiger partial charge in [-0.2, -0.15) is 4.98 Å². The molecule has 194 valence electrons. The zero-order valence-electron chi connectivity index (χ0n) is 21.4. The number of nitrogens with zero attached hydrogens (tertiary/aromatic N) is 5. The van der Waals surface area contributed by atoms with Gasteiger partial charge in [0.2, 0.25) is 11.9 Å². The molecule has 0 saturated carbocycles. The van der Waals surface area contributed by atoms with Crippen molar-refractivity contribution in [1.29, 1.82) is 0 Å². The van der Waals surface area contributed by atoms with Crippen LogP contribution in [-0.2, 0) is 16.1 Å². The lowest BCUT2D eigenvalue weighted by Crippen LogP contribution is -2.50. The molecule has 2 atom stereocenters. The third kappa shape index (κ3) is 6.73. The van der Waals surface area contributed by atoms with Crippen molar-refractivity contribution in [2.75, 3.05) is 56.1 Å². The molecule has 1 aromatic carbocycles. The number of carbonyl (C=O) groups excluding carboxylic acids is 1. The Morgan fingerprint density at radius 3 is 2.61 bits per heavy atom. The van der Waals surface area contributed by atoms with Gasteiger partial charge >= 0.3 is 0 Å². The summed E-state index contributed by atoms with van der Waals surface area (Å²) in [5.74, 6) is 1.88. The van der Waals surface area contributed by atoms with Gasteiger partial charge in [0.25, 0.3) is 0 Å². The molecule has 0 radical (unpaired) electrons. The number of anilines is 2. The van der Waals surface area contributed by atoms with Gasteiger partial charge in [-0.1, -0.05) is 43.2 Å². The maximum absolute atomic E-state index is 12.8. The fourth-order valence-electron chi connectivity index (χ4n) is 5.71. The lowest BCUT2D eigenvalue weighted by Gasteiger charge is -2.37. The van der Waals surface area contributed by atoms with Crippen LogP contribution in [0.3, 0.4) is 0 Å². The topological polar surface area (TPSA) is 73.8 Å². The number of carbonyl (C=O) groups is 1. The molecule has 5 rings (SSSR count). The summed E-state index contributed by atoms with van der Waals surface area (Å²) >= 11 is 0. The first-order chi connectivity index (χ1) is 17.7. The highest BCUT2D eigenvalue weighted by molar-refractivity contribution is 5.77. The zero-order valence-corrected chi connectivity index (χ0v) is 21.4. The average Bonchev–Trinajstić information content (AvgIpc) is 3.21. The van der Waals surface area contributed by atoms with E-state index in [4.69, 9.17) is 9.72 Å². The summed E-state index contributed by atoms with van der Waals surface area (Å²) in [5, 5.41) is 3.59. The molecule has 3 aliphatic rings. The molecule has 3 aliphatic heterocycles. The van der Waals surface area contributed by atoms with Crippen LogP contribution in [0.5, 0.6) is 0 Å². The number of piperidine rings is 1. The molecule has 2 aromatic rings. The predicted molar refractivity (Wildman–Crippen MR) is 142 cm³/mol. The lowest BCUT2D eigenvalue weighted by molar-refractivity contribution is -0.138. The van der Waals surface area contributed by atoms with Crippen molar-refractivity contribution in [3.8, 4) is 0 Å². The minimum absolute atomic E-state index is 0.100. The number of likely N-dealkylation sites (tertiary alicyclic amines) is 2. The number of hydrogen-bond donors (Lipinski definition) is 1. The summed E-state index contributed by atoms with van der Waals surface area (Å²) in [6.07, 6.45) is 10.3. The molecular formula is C28H40N6O2. The van der Waals surface area contributed by atoms with Crippen molar-refractivity contribution in [2.24, 2.45) is 0 Å². The van der Waals surface area contributed by atoms with E-state index in [-0.39, 0.29) is 12.5 Å². The third-order valence-corrected chi connectivity index (χ3v) is 7.73. The molecule has 36 heavy (non-hydrogen) atoms. The minimum atomic E-state index is 0.100. The van der Waals surface area contributed by atoms with Gasteiger partial charge in [0.15, 0.2) is 0 Å². The molecule has 1 N–H and O–H groups in total. The molecule has 0 bridgehead atoms. The number of benzene rings is 1. The highest BCUT2D eigenvalue weighted by Crippen LogP contribution is 2.23. The van der Waals surface area contributed by atoms with E-state index in [0.717, 1.165) is 75.9 Å². The molecule has 2 unspecified atom stereocenters. The summed E-state index contributed by atoms with van der Waals surface area (Å²) in [4.78, 5) is 29.1. The van der Waals surface area contributed by atoms with Crippen LogP contribution < -0.4 is 10.2 Å².